The quantitative estimate of drug-likeness (QED) is 0.894. The minimum absolute atomic E-state index is 0.0677. The average Bonchev–Trinajstić information content (AvgIpc) is 2.84. The molecule has 3 rings (SSSR count). The van der Waals surface area contributed by atoms with E-state index in [4.69, 9.17) is 4.74 Å². The van der Waals surface area contributed by atoms with E-state index >= 15 is 0 Å². The Morgan fingerprint density at radius 2 is 1.96 bits per heavy atom. The number of hydrogen-bond acceptors (Lipinski definition) is 4. The first kappa shape index (κ1) is 19.4. The van der Waals surface area contributed by atoms with Crippen molar-refractivity contribution >= 4 is 11.6 Å². The second kappa shape index (κ2) is 7.68. The summed E-state index contributed by atoms with van der Waals surface area (Å²) in [6.45, 7) is 9.24. The van der Waals surface area contributed by atoms with E-state index in [1.165, 1.54) is 6.07 Å². The first-order valence-electron chi connectivity index (χ1n) is 9.23. The number of nitrogens with one attached hydrogen (secondary N) is 1. The molecular weight excluding hydrogens is 347 g/mol. The summed E-state index contributed by atoms with van der Waals surface area (Å²) in [6.07, 6.45) is 0.135. The number of anilines is 1. The molecule has 0 aliphatic carbocycles. The highest BCUT2D eigenvalue weighted by atomic mass is 19.1. The van der Waals surface area contributed by atoms with Gasteiger partial charge < -0.3 is 15.0 Å². The van der Waals surface area contributed by atoms with Crippen LogP contribution in [0.15, 0.2) is 18.2 Å². The van der Waals surface area contributed by atoms with Crippen molar-refractivity contribution in [3.05, 3.63) is 46.5 Å². The van der Waals surface area contributed by atoms with Crippen LogP contribution in [0.5, 0.6) is 0 Å². The summed E-state index contributed by atoms with van der Waals surface area (Å²) in [5.74, 6) is -0.477. The molecular formula is C20H27FN4O2. The summed E-state index contributed by atoms with van der Waals surface area (Å²) < 4.78 is 22.1. The first-order valence-corrected chi connectivity index (χ1v) is 9.23. The lowest BCUT2D eigenvalue weighted by Gasteiger charge is -2.37. The monoisotopic (exact) mass is 374 g/mol. The zero-order chi connectivity index (χ0) is 19.7. The molecule has 1 aromatic carbocycles. The van der Waals surface area contributed by atoms with Crippen LogP contribution in [0.4, 0.5) is 10.1 Å². The Bertz CT molecular complexity index is 839. The van der Waals surface area contributed by atoms with Crippen LogP contribution in [0, 0.1) is 19.7 Å². The van der Waals surface area contributed by atoms with Crippen LogP contribution in [0.3, 0.4) is 0 Å². The number of carbonyl (C=O) groups excluding carboxylic acids is 1. The number of halogens is 1. The standard InChI is InChI=1S/C20H27FN4O2/c1-12-10-25(11-13(2)27-12)18-7-6-16(8-17(18)21)9-22-20(26)19-14(3)23-24(5)15(19)4/h6-8,12-13H,9-11H2,1-5H3,(H,22,26). The predicted molar refractivity (Wildman–Crippen MR) is 102 cm³/mol. The predicted octanol–water partition coefficient (Wildman–Crippen LogP) is 2.72. The van der Waals surface area contributed by atoms with E-state index in [9.17, 15) is 9.18 Å². The van der Waals surface area contributed by atoms with E-state index in [0.717, 1.165) is 11.3 Å². The normalized spacial score (nSPS) is 20.0. The second-order valence-corrected chi connectivity index (χ2v) is 7.30. The Morgan fingerprint density at radius 1 is 1.30 bits per heavy atom. The molecule has 2 atom stereocenters. The highest BCUT2D eigenvalue weighted by molar-refractivity contribution is 5.96. The van der Waals surface area contributed by atoms with Gasteiger partial charge in [-0.1, -0.05) is 6.07 Å². The molecule has 1 amide bonds. The average molecular weight is 374 g/mol. The fourth-order valence-electron chi connectivity index (χ4n) is 3.66. The SMILES string of the molecule is Cc1nn(C)c(C)c1C(=O)NCc1ccc(N2CC(C)OC(C)C2)c(F)c1. The summed E-state index contributed by atoms with van der Waals surface area (Å²) in [7, 11) is 1.81. The highest BCUT2D eigenvalue weighted by Gasteiger charge is 2.24. The van der Waals surface area contributed by atoms with Gasteiger partial charge in [-0.15, -0.1) is 0 Å². The molecule has 0 bridgehead atoms. The molecule has 1 N–H and O–H groups in total. The number of carbonyl (C=O) groups is 1. The number of nitrogens with zero attached hydrogens (tertiary/aromatic N) is 3. The van der Waals surface area contributed by atoms with E-state index in [-0.39, 0.29) is 30.5 Å². The van der Waals surface area contributed by atoms with Crippen LogP contribution in [-0.2, 0) is 18.3 Å². The van der Waals surface area contributed by atoms with Gasteiger partial charge >= 0.3 is 0 Å². The summed E-state index contributed by atoms with van der Waals surface area (Å²) in [4.78, 5) is 14.5. The Kier molecular flexibility index (Phi) is 5.51. The molecule has 1 fully saturated rings. The van der Waals surface area contributed by atoms with Crippen LogP contribution in [0.1, 0.15) is 41.2 Å². The number of rotatable bonds is 4. The van der Waals surface area contributed by atoms with Crippen LogP contribution < -0.4 is 10.2 Å². The zero-order valence-electron chi connectivity index (χ0n) is 16.5. The lowest BCUT2D eigenvalue weighted by atomic mass is 10.1. The van der Waals surface area contributed by atoms with Crippen molar-refractivity contribution in [2.75, 3.05) is 18.0 Å². The maximum atomic E-state index is 14.7. The van der Waals surface area contributed by atoms with E-state index in [0.29, 0.717) is 30.0 Å². The lowest BCUT2D eigenvalue weighted by Crippen LogP contribution is -2.45. The molecule has 2 unspecified atom stereocenters. The summed E-state index contributed by atoms with van der Waals surface area (Å²) >= 11 is 0. The third kappa shape index (κ3) is 4.13. The topological polar surface area (TPSA) is 59.4 Å². The number of aryl methyl sites for hydroxylation is 2. The fourth-order valence-corrected chi connectivity index (χ4v) is 3.66. The molecule has 1 aliphatic rings. The van der Waals surface area contributed by atoms with Gasteiger partial charge in [0.1, 0.15) is 5.82 Å². The van der Waals surface area contributed by atoms with Gasteiger partial charge in [0.25, 0.3) is 5.91 Å². The van der Waals surface area contributed by atoms with Crippen molar-refractivity contribution in [3.8, 4) is 0 Å². The highest BCUT2D eigenvalue weighted by Crippen LogP contribution is 2.24. The van der Waals surface area contributed by atoms with Crippen LogP contribution in [0.2, 0.25) is 0 Å². The molecule has 2 aromatic rings. The molecule has 7 heteroatoms. The summed E-state index contributed by atoms with van der Waals surface area (Å²) in [6, 6.07) is 5.12. The molecule has 146 valence electrons. The van der Waals surface area contributed by atoms with E-state index in [2.05, 4.69) is 10.4 Å². The van der Waals surface area contributed by atoms with Crippen molar-refractivity contribution in [3.63, 3.8) is 0 Å². The van der Waals surface area contributed by atoms with Crippen LogP contribution >= 0.6 is 0 Å². The van der Waals surface area contributed by atoms with E-state index in [1.807, 2.05) is 31.7 Å². The number of hydrogen-bond donors (Lipinski definition) is 1. The van der Waals surface area contributed by atoms with E-state index < -0.39 is 0 Å². The molecule has 0 saturated carbocycles. The number of benzene rings is 1. The minimum Gasteiger partial charge on any atom is -0.372 e. The molecule has 0 radical (unpaired) electrons. The maximum absolute atomic E-state index is 14.7. The van der Waals surface area contributed by atoms with Gasteiger partial charge in [-0.3, -0.25) is 9.48 Å². The summed E-state index contributed by atoms with van der Waals surface area (Å²) in [5.41, 5.74) is 3.36. The van der Waals surface area contributed by atoms with Crippen molar-refractivity contribution in [1.82, 2.24) is 15.1 Å². The van der Waals surface area contributed by atoms with Gasteiger partial charge in [0.2, 0.25) is 0 Å². The van der Waals surface area contributed by atoms with Gasteiger partial charge in [-0.25, -0.2) is 4.39 Å². The fraction of sp³-hybridized carbons (Fsp3) is 0.500. The van der Waals surface area contributed by atoms with Gasteiger partial charge in [0.15, 0.2) is 0 Å². The number of amides is 1. The van der Waals surface area contributed by atoms with Crippen molar-refractivity contribution in [2.45, 2.75) is 46.4 Å². The van der Waals surface area contributed by atoms with Gasteiger partial charge in [0, 0.05) is 32.4 Å². The van der Waals surface area contributed by atoms with Gasteiger partial charge in [-0.2, -0.15) is 5.10 Å². The number of aromatic nitrogens is 2. The Morgan fingerprint density at radius 3 is 2.52 bits per heavy atom. The largest absolute Gasteiger partial charge is 0.372 e. The third-order valence-electron chi connectivity index (χ3n) is 4.96. The van der Waals surface area contributed by atoms with Gasteiger partial charge in [-0.05, 0) is 45.4 Å². The Labute approximate surface area is 159 Å². The zero-order valence-corrected chi connectivity index (χ0v) is 16.5. The molecule has 27 heavy (non-hydrogen) atoms. The third-order valence-corrected chi connectivity index (χ3v) is 4.96. The molecule has 0 spiro atoms. The van der Waals surface area contributed by atoms with Gasteiger partial charge in [0.05, 0.1) is 29.2 Å². The van der Waals surface area contributed by atoms with Crippen molar-refractivity contribution < 1.29 is 13.9 Å². The summed E-state index contributed by atoms with van der Waals surface area (Å²) in [5, 5.41) is 7.11. The molecule has 1 aliphatic heterocycles. The molecule has 6 nitrogen and oxygen atoms in total. The minimum atomic E-state index is -0.281. The van der Waals surface area contributed by atoms with E-state index in [1.54, 1.807) is 24.7 Å². The van der Waals surface area contributed by atoms with Crippen LogP contribution in [0.25, 0.3) is 0 Å². The Hall–Kier alpha value is -2.41. The number of morpholine rings is 1. The smallest absolute Gasteiger partial charge is 0.255 e. The Balaban J connectivity index is 1.68. The second-order valence-electron chi connectivity index (χ2n) is 7.30. The first-order chi connectivity index (χ1) is 12.8. The number of ether oxygens (including phenoxy) is 1. The maximum Gasteiger partial charge on any atom is 0.255 e. The van der Waals surface area contributed by atoms with Crippen molar-refractivity contribution in [1.29, 1.82) is 0 Å². The lowest BCUT2D eigenvalue weighted by molar-refractivity contribution is -0.00539. The molecule has 1 aromatic heterocycles. The molecule has 1 saturated heterocycles. The van der Waals surface area contributed by atoms with Crippen LogP contribution in [-0.4, -0.2) is 41.0 Å². The van der Waals surface area contributed by atoms with Crippen molar-refractivity contribution in [2.24, 2.45) is 7.05 Å². The molecule has 2 heterocycles.